The average Bonchev–Trinajstić information content (AvgIpc) is 3.09. The first-order valence-electron chi connectivity index (χ1n) is 8.33. The van der Waals surface area contributed by atoms with Gasteiger partial charge in [-0.05, 0) is 24.6 Å². The van der Waals surface area contributed by atoms with Crippen molar-refractivity contribution in [1.82, 2.24) is 15.2 Å². The summed E-state index contributed by atoms with van der Waals surface area (Å²) >= 11 is 0. The van der Waals surface area contributed by atoms with Gasteiger partial charge in [-0.25, -0.2) is 4.98 Å². The molecule has 1 unspecified atom stereocenters. The molecule has 1 aromatic heterocycles. The number of nitrogens with zero attached hydrogens (tertiary/aromatic N) is 2. The van der Waals surface area contributed by atoms with E-state index in [1.165, 1.54) is 0 Å². The van der Waals surface area contributed by atoms with E-state index in [1.807, 2.05) is 37.3 Å². The van der Waals surface area contributed by atoms with Crippen molar-refractivity contribution in [2.24, 2.45) is 0 Å². The number of benzene rings is 1. The second-order valence-electron chi connectivity index (χ2n) is 6.03. The molecule has 1 aliphatic rings. The summed E-state index contributed by atoms with van der Waals surface area (Å²) in [6.07, 6.45) is 2.37. The van der Waals surface area contributed by atoms with E-state index in [4.69, 9.17) is 4.74 Å². The molecule has 3 rings (SSSR count). The van der Waals surface area contributed by atoms with Crippen LogP contribution in [0.3, 0.4) is 0 Å². The molecule has 1 aliphatic heterocycles. The lowest BCUT2D eigenvalue weighted by atomic mass is 10.1. The number of likely N-dealkylation sites (tertiary alicyclic amines) is 1. The van der Waals surface area contributed by atoms with Gasteiger partial charge in [0.25, 0.3) is 5.91 Å². The Hall–Kier alpha value is -2.89. The van der Waals surface area contributed by atoms with Crippen LogP contribution in [0, 0.1) is 6.92 Å². The van der Waals surface area contributed by atoms with Gasteiger partial charge >= 0.3 is 0 Å². The van der Waals surface area contributed by atoms with Crippen LogP contribution in [-0.2, 0) is 4.79 Å². The lowest BCUT2D eigenvalue weighted by Crippen LogP contribution is -2.40. The summed E-state index contributed by atoms with van der Waals surface area (Å²) in [5, 5.41) is 2.70. The molecule has 6 heteroatoms. The second kappa shape index (κ2) is 7.79. The van der Waals surface area contributed by atoms with Crippen LogP contribution in [0.2, 0.25) is 0 Å². The Morgan fingerprint density at radius 1 is 1.24 bits per heavy atom. The minimum absolute atomic E-state index is 0.0104. The van der Waals surface area contributed by atoms with Crippen LogP contribution < -0.4 is 10.1 Å². The molecule has 0 saturated carbocycles. The first kappa shape index (κ1) is 17.0. The smallest absolute Gasteiger partial charge is 0.251 e. The van der Waals surface area contributed by atoms with Gasteiger partial charge in [-0.3, -0.25) is 9.59 Å². The van der Waals surface area contributed by atoms with Gasteiger partial charge in [-0.2, -0.15) is 0 Å². The predicted molar refractivity (Wildman–Crippen MR) is 93.4 cm³/mol. The maximum atomic E-state index is 12.3. The number of rotatable bonds is 5. The van der Waals surface area contributed by atoms with Crippen molar-refractivity contribution < 1.29 is 14.3 Å². The number of pyridine rings is 1. The second-order valence-corrected chi connectivity index (χ2v) is 6.03. The molecule has 130 valence electrons. The fraction of sp³-hybridized carbons (Fsp3) is 0.316. The van der Waals surface area contributed by atoms with Crippen LogP contribution in [-0.4, -0.2) is 47.4 Å². The van der Waals surface area contributed by atoms with Gasteiger partial charge in [-0.15, -0.1) is 0 Å². The summed E-state index contributed by atoms with van der Waals surface area (Å²) in [5.41, 5.74) is 1.48. The van der Waals surface area contributed by atoms with E-state index in [0.29, 0.717) is 24.5 Å². The molecule has 1 fully saturated rings. The fourth-order valence-corrected chi connectivity index (χ4v) is 2.83. The first-order chi connectivity index (χ1) is 12.1. The van der Waals surface area contributed by atoms with E-state index in [0.717, 1.165) is 12.0 Å². The summed E-state index contributed by atoms with van der Waals surface area (Å²) in [6, 6.07) is 12.8. The number of amides is 2. The largest absolute Gasteiger partial charge is 0.472 e. The molecule has 1 saturated heterocycles. The summed E-state index contributed by atoms with van der Waals surface area (Å²) in [5.74, 6) is 0.232. The molecule has 2 heterocycles. The Bertz CT molecular complexity index is 749. The number of nitrogens with one attached hydrogen (secondary N) is 1. The molecule has 2 aromatic rings. The molecule has 0 bridgehead atoms. The van der Waals surface area contributed by atoms with Crippen molar-refractivity contribution in [2.45, 2.75) is 19.4 Å². The maximum absolute atomic E-state index is 12.3. The van der Waals surface area contributed by atoms with Crippen molar-refractivity contribution in [2.75, 3.05) is 19.6 Å². The third kappa shape index (κ3) is 4.35. The van der Waals surface area contributed by atoms with E-state index in [1.54, 1.807) is 23.2 Å². The quantitative estimate of drug-likeness (QED) is 0.902. The Morgan fingerprint density at radius 3 is 2.80 bits per heavy atom. The molecule has 6 nitrogen and oxygen atoms in total. The van der Waals surface area contributed by atoms with Crippen LogP contribution in [0.15, 0.2) is 48.7 Å². The SMILES string of the molecule is Cc1ccccc1C(=O)NCC(=O)N1CCC(Oc2ccccn2)C1. The van der Waals surface area contributed by atoms with Crippen LogP contribution in [0.1, 0.15) is 22.3 Å². The highest BCUT2D eigenvalue weighted by atomic mass is 16.5. The Morgan fingerprint density at radius 2 is 2.04 bits per heavy atom. The first-order valence-corrected chi connectivity index (χ1v) is 8.33. The lowest BCUT2D eigenvalue weighted by molar-refractivity contribution is -0.129. The molecule has 1 aromatic carbocycles. The normalized spacial score (nSPS) is 16.5. The van der Waals surface area contributed by atoms with E-state index >= 15 is 0 Å². The third-order valence-corrected chi connectivity index (χ3v) is 4.21. The Kier molecular flexibility index (Phi) is 5.28. The molecular formula is C19H21N3O3. The predicted octanol–water partition coefficient (Wildman–Crippen LogP) is 1.80. The third-order valence-electron chi connectivity index (χ3n) is 4.21. The summed E-state index contributed by atoms with van der Waals surface area (Å²) < 4.78 is 5.77. The van der Waals surface area contributed by atoms with E-state index in [2.05, 4.69) is 10.3 Å². The number of aryl methyl sites for hydroxylation is 1. The van der Waals surface area contributed by atoms with Gasteiger partial charge in [0.15, 0.2) is 0 Å². The molecule has 1 N–H and O–H groups in total. The number of hydrogen-bond donors (Lipinski definition) is 1. The fourth-order valence-electron chi connectivity index (χ4n) is 2.83. The van der Waals surface area contributed by atoms with Gasteiger partial charge in [0.05, 0.1) is 13.1 Å². The molecule has 2 amide bonds. The van der Waals surface area contributed by atoms with Crippen LogP contribution in [0.25, 0.3) is 0 Å². The summed E-state index contributed by atoms with van der Waals surface area (Å²) in [7, 11) is 0. The van der Waals surface area contributed by atoms with E-state index in [-0.39, 0.29) is 24.5 Å². The number of carbonyl (C=O) groups is 2. The molecule has 0 aliphatic carbocycles. The minimum Gasteiger partial charge on any atom is -0.472 e. The van der Waals surface area contributed by atoms with Gasteiger partial charge in [0.2, 0.25) is 11.8 Å². The van der Waals surface area contributed by atoms with Gasteiger partial charge < -0.3 is 15.0 Å². The Balaban J connectivity index is 1.48. The van der Waals surface area contributed by atoms with Gasteiger partial charge in [-0.1, -0.05) is 24.3 Å². The highest BCUT2D eigenvalue weighted by molar-refractivity contribution is 5.97. The monoisotopic (exact) mass is 339 g/mol. The zero-order chi connectivity index (χ0) is 17.6. The van der Waals surface area contributed by atoms with Crippen molar-refractivity contribution in [3.63, 3.8) is 0 Å². The highest BCUT2D eigenvalue weighted by Gasteiger charge is 2.28. The zero-order valence-electron chi connectivity index (χ0n) is 14.1. The number of hydrogen-bond acceptors (Lipinski definition) is 4. The number of carbonyl (C=O) groups excluding carboxylic acids is 2. The number of aromatic nitrogens is 1. The highest BCUT2D eigenvalue weighted by Crippen LogP contribution is 2.16. The zero-order valence-corrected chi connectivity index (χ0v) is 14.1. The Labute approximate surface area is 146 Å². The maximum Gasteiger partial charge on any atom is 0.251 e. The molecular weight excluding hydrogens is 318 g/mol. The van der Waals surface area contributed by atoms with Crippen LogP contribution >= 0.6 is 0 Å². The van der Waals surface area contributed by atoms with Crippen LogP contribution in [0.4, 0.5) is 0 Å². The van der Waals surface area contributed by atoms with Gasteiger partial charge in [0.1, 0.15) is 6.10 Å². The van der Waals surface area contributed by atoms with Crippen molar-refractivity contribution >= 4 is 11.8 Å². The molecule has 1 atom stereocenters. The molecule has 0 spiro atoms. The van der Waals surface area contributed by atoms with E-state index < -0.39 is 0 Å². The van der Waals surface area contributed by atoms with Crippen molar-refractivity contribution in [1.29, 1.82) is 0 Å². The summed E-state index contributed by atoms with van der Waals surface area (Å²) in [6.45, 7) is 2.99. The molecule has 25 heavy (non-hydrogen) atoms. The average molecular weight is 339 g/mol. The lowest BCUT2D eigenvalue weighted by Gasteiger charge is -2.17. The minimum atomic E-state index is -0.230. The van der Waals surface area contributed by atoms with Gasteiger partial charge in [0, 0.05) is 30.8 Å². The topological polar surface area (TPSA) is 71.5 Å². The van der Waals surface area contributed by atoms with Crippen LogP contribution in [0.5, 0.6) is 5.88 Å². The van der Waals surface area contributed by atoms with Crippen molar-refractivity contribution in [3.05, 3.63) is 59.8 Å². The van der Waals surface area contributed by atoms with Crippen molar-refractivity contribution in [3.8, 4) is 5.88 Å². The summed E-state index contributed by atoms with van der Waals surface area (Å²) in [4.78, 5) is 30.3. The molecule has 0 radical (unpaired) electrons. The number of ether oxygens (including phenoxy) is 1. The standard InChI is InChI=1S/C19H21N3O3/c1-14-6-2-3-7-16(14)19(24)21-12-18(23)22-11-9-15(13-22)25-17-8-4-5-10-20-17/h2-8,10,15H,9,11-13H2,1H3,(H,21,24). The van der Waals surface area contributed by atoms with E-state index in [9.17, 15) is 9.59 Å².